The van der Waals surface area contributed by atoms with Crippen molar-refractivity contribution in [1.82, 2.24) is 5.32 Å². The first-order valence-electron chi connectivity index (χ1n) is 7.07. The predicted octanol–water partition coefficient (Wildman–Crippen LogP) is 2.94. The summed E-state index contributed by atoms with van der Waals surface area (Å²) in [4.78, 5) is 0. The topological polar surface area (TPSA) is 46.2 Å². The van der Waals surface area contributed by atoms with E-state index in [0.29, 0.717) is 6.54 Å². The second kappa shape index (κ2) is 8.33. The fourth-order valence-corrected chi connectivity index (χ4v) is 2.73. The van der Waals surface area contributed by atoms with Gasteiger partial charge < -0.3 is 5.32 Å². The third kappa shape index (κ3) is 6.21. The molecule has 1 N–H and O–H groups in total. The lowest BCUT2D eigenvalue weighted by atomic mass is 10.0. The number of unbranched alkanes of at least 4 members (excludes halogenated alkanes) is 1. The Labute approximate surface area is 117 Å². The van der Waals surface area contributed by atoms with Crippen molar-refractivity contribution in [3.63, 3.8) is 0 Å². The third-order valence-electron chi connectivity index (χ3n) is 3.29. The zero-order valence-electron chi connectivity index (χ0n) is 11.9. The van der Waals surface area contributed by atoms with Gasteiger partial charge >= 0.3 is 0 Å². The van der Waals surface area contributed by atoms with Crippen molar-refractivity contribution in [3.05, 3.63) is 35.9 Å². The van der Waals surface area contributed by atoms with Crippen LogP contribution in [0.1, 0.15) is 44.7 Å². The molecule has 0 aliphatic rings. The molecule has 0 spiro atoms. The average molecular weight is 283 g/mol. The maximum absolute atomic E-state index is 11.5. The van der Waals surface area contributed by atoms with Crippen LogP contribution in [-0.4, -0.2) is 26.5 Å². The van der Waals surface area contributed by atoms with Crippen LogP contribution in [0.4, 0.5) is 0 Å². The van der Waals surface area contributed by atoms with E-state index in [1.165, 1.54) is 5.56 Å². The monoisotopic (exact) mass is 283 g/mol. The van der Waals surface area contributed by atoms with Crippen molar-refractivity contribution in [2.24, 2.45) is 0 Å². The van der Waals surface area contributed by atoms with Gasteiger partial charge in [-0.05, 0) is 12.0 Å². The Morgan fingerprint density at radius 1 is 1.16 bits per heavy atom. The molecule has 1 atom stereocenters. The SMILES string of the molecule is CCCCC(NCCS(=O)(=O)CC)c1ccccc1. The van der Waals surface area contributed by atoms with Crippen LogP contribution in [0.5, 0.6) is 0 Å². The molecule has 3 nitrogen and oxygen atoms in total. The van der Waals surface area contributed by atoms with E-state index in [1.807, 2.05) is 18.2 Å². The molecule has 1 unspecified atom stereocenters. The zero-order valence-corrected chi connectivity index (χ0v) is 12.7. The minimum atomic E-state index is -2.88. The van der Waals surface area contributed by atoms with Crippen molar-refractivity contribution < 1.29 is 8.42 Å². The van der Waals surface area contributed by atoms with Crippen LogP contribution in [0.3, 0.4) is 0 Å². The molecule has 4 heteroatoms. The lowest BCUT2D eigenvalue weighted by molar-refractivity contribution is 0.493. The van der Waals surface area contributed by atoms with E-state index in [1.54, 1.807) is 6.92 Å². The summed E-state index contributed by atoms with van der Waals surface area (Å²) < 4.78 is 23.0. The van der Waals surface area contributed by atoms with Gasteiger partial charge in [0.05, 0.1) is 5.75 Å². The molecule has 1 rings (SSSR count). The molecule has 108 valence electrons. The van der Waals surface area contributed by atoms with Crippen LogP contribution in [0, 0.1) is 0 Å². The highest BCUT2D eigenvalue weighted by Crippen LogP contribution is 2.18. The van der Waals surface area contributed by atoms with Crippen LogP contribution in [0.15, 0.2) is 30.3 Å². The molecule has 1 aromatic carbocycles. The molecule has 0 saturated heterocycles. The van der Waals surface area contributed by atoms with Gasteiger partial charge in [-0.2, -0.15) is 0 Å². The third-order valence-corrected chi connectivity index (χ3v) is 5.00. The summed E-state index contributed by atoms with van der Waals surface area (Å²) in [6.07, 6.45) is 3.35. The molecule has 0 aliphatic heterocycles. The molecule has 0 aromatic heterocycles. The molecular formula is C15H25NO2S. The highest BCUT2D eigenvalue weighted by Gasteiger charge is 2.12. The zero-order chi connectivity index (χ0) is 14.1. The Kier molecular flexibility index (Phi) is 7.10. The van der Waals surface area contributed by atoms with Gasteiger partial charge in [-0.3, -0.25) is 0 Å². The second-order valence-electron chi connectivity index (χ2n) is 4.80. The Balaban J connectivity index is 2.56. The predicted molar refractivity (Wildman–Crippen MR) is 81.0 cm³/mol. The molecule has 0 bridgehead atoms. The van der Waals surface area contributed by atoms with Crippen LogP contribution in [0.2, 0.25) is 0 Å². The van der Waals surface area contributed by atoms with Gasteiger partial charge in [-0.1, -0.05) is 57.0 Å². The normalized spacial score (nSPS) is 13.4. The van der Waals surface area contributed by atoms with Crippen molar-refractivity contribution in [2.75, 3.05) is 18.1 Å². The molecule has 1 aromatic rings. The Morgan fingerprint density at radius 3 is 2.42 bits per heavy atom. The lowest BCUT2D eigenvalue weighted by Crippen LogP contribution is -2.28. The second-order valence-corrected chi connectivity index (χ2v) is 7.27. The molecular weight excluding hydrogens is 258 g/mol. The van der Waals surface area contributed by atoms with Crippen LogP contribution >= 0.6 is 0 Å². The summed E-state index contributed by atoms with van der Waals surface area (Å²) in [7, 11) is -2.88. The molecule has 0 fully saturated rings. The highest BCUT2D eigenvalue weighted by molar-refractivity contribution is 7.91. The first-order valence-corrected chi connectivity index (χ1v) is 8.90. The summed E-state index contributed by atoms with van der Waals surface area (Å²) in [5.41, 5.74) is 1.24. The summed E-state index contributed by atoms with van der Waals surface area (Å²) in [6.45, 7) is 4.39. The Bertz CT molecular complexity index is 442. The van der Waals surface area contributed by atoms with Crippen molar-refractivity contribution >= 4 is 9.84 Å². The van der Waals surface area contributed by atoms with Gasteiger partial charge in [0.15, 0.2) is 9.84 Å². The number of benzene rings is 1. The van der Waals surface area contributed by atoms with Gasteiger partial charge in [0.1, 0.15) is 0 Å². The van der Waals surface area contributed by atoms with Gasteiger partial charge in [0.25, 0.3) is 0 Å². The van der Waals surface area contributed by atoms with Crippen molar-refractivity contribution in [3.8, 4) is 0 Å². The first-order chi connectivity index (χ1) is 9.09. The smallest absolute Gasteiger partial charge is 0.151 e. The highest BCUT2D eigenvalue weighted by atomic mass is 32.2. The first kappa shape index (κ1) is 16.2. The van der Waals surface area contributed by atoms with E-state index in [2.05, 4.69) is 24.4 Å². The van der Waals surface area contributed by atoms with Crippen LogP contribution in [0.25, 0.3) is 0 Å². The number of hydrogen-bond donors (Lipinski definition) is 1. The quantitative estimate of drug-likeness (QED) is 0.758. The van der Waals surface area contributed by atoms with Gasteiger partial charge in [0, 0.05) is 18.3 Å². The summed E-state index contributed by atoms with van der Waals surface area (Å²) in [5, 5.41) is 3.38. The van der Waals surface area contributed by atoms with E-state index >= 15 is 0 Å². The summed E-state index contributed by atoms with van der Waals surface area (Å²) in [5.74, 6) is 0.443. The van der Waals surface area contributed by atoms with Crippen molar-refractivity contribution in [2.45, 2.75) is 39.2 Å². The van der Waals surface area contributed by atoms with E-state index in [4.69, 9.17) is 0 Å². The fourth-order valence-electron chi connectivity index (χ4n) is 2.01. The molecule has 0 aliphatic carbocycles. The maximum Gasteiger partial charge on any atom is 0.151 e. The number of rotatable bonds is 9. The summed E-state index contributed by atoms with van der Waals surface area (Å²) >= 11 is 0. The Hall–Kier alpha value is -0.870. The minimum Gasteiger partial charge on any atom is -0.309 e. The molecule has 0 radical (unpaired) electrons. The van der Waals surface area contributed by atoms with Gasteiger partial charge in [-0.25, -0.2) is 8.42 Å². The Morgan fingerprint density at radius 2 is 1.84 bits per heavy atom. The van der Waals surface area contributed by atoms with E-state index in [9.17, 15) is 8.42 Å². The van der Waals surface area contributed by atoms with Crippen LogP contribution in [-0.2, 0) is 9.84 Å². The number of sulfone groups is 1. The standard InChI is InChI=1S/C15H25NO2S/c1-3-5-11-15(14-9-7-6-8-10-14)16-12-13-19(17,18)4-2/h6-10,15-16H,3-5,11-13H2,1-2H3. The fraction of sp³-hybridized carbons (Fsp3) is 0.600. The van der Waals surface area contributed by atoms with E-state index in [0.717, 1.165) is 19.3 Å². The molecule has 19 heavy (non-hydrogen) atoms. The average Bonchev–Trinajstić information content (AvgIpc) is 2.43. The molecule has 0 amide bonds. The van der Waals surface area contributed by atoms with Crippen molar-refractivity contribution in [1.29, 1.82) is 0 Å². The number of hydrogen-bond acceptors (Lipinski definition) is 3. The summed E-state index contributed by atoms with van der Waals surface area (Å²) in [6, 6.07) is 10.5. The molecule has 0 saturated carbocycles. The maximum atomic E-state index is 11.5. The van der Waals surface area contributed by atoms with Gasteiger partial charge in [0.2, 0.25) is 0 Å². The van der Waals surface area contributed by atoms with Crippen LogP contribution < -0.4 is 5.32 Å². The lowest BCUT2D eigenvalue weighted by Gasteiger charge is -2.19. The molecule has 0 heterocycles. The van der Waals surface area contributed by atoms with E-state index in [-0.39, 0.29) is 17.5 Å². The largest absolute Gasteiger partial charge is 0.309 e. The number of nitrogens with one attached hydrogen (secondary N) is 1. The van der Waals surface area contributed by atoms with E-state index < -0.39 is 9.84 Å². The van der Waals surface area contributed by atoms with Gasteiger partial charge in [-0.15, -0.1) is 0 Å². The minimum absolute atomic E-state index is 0.221.